The van der Waals surface area contributed by atoms with Gasteiger partial charge in [-0.1, -0.05) is 348 Å². The maximum Gasteiger partial charge on any atom is 0.148 e. The normalized spacial score (nSPS) is 13.8. The van der Waals surface area contributed by atoms with Crippen LogP contribution in [0.2, 0.25) is 0 Å². The Morgan fingerprint density at radius 2 is 0.480 bits per heavy atom. The highest BCUT2D eigenvalue weighted by Gasteiger charge is 2.44. The molecule has 25 rings (SSSR count). The zero-order valence-corrected chi connectivity index (χ0v) is 85.0. The predicted molar refractivity (Wildman–Crippen MR) is 606 cm³/mol. The molecule has 0 N–H and O–H groups in total. The van der Waals surface area contributed by atoms with Crippen LogP contribution in [-0.2, 0) is 27.1 Å². The number of rotatable bonds is 10. The van der Waals surface area contributed by atoms with Gasteiger partial charge in [-0.25, -0.2) is 9.97 Å². The van der Waals surface area contributed by atoms with Crippen LogP contribution >= 0.6 is 0 Å². The second-order valence-corrected chi connectivity index (χ2v) is 40.2. The molecule has 5 aliphatic heterocycles. The topological polar surface area (TPSA) is 200 Å². The van der Waals surface area contributed by atoms with Crippen molar-refractivity contribution in [2.45, 2.75) is 96.3 Å². The third-order valence-corrected chi connectivity index (χ3v) is 29.8. The number of nitriles is 5. The molecule has 15 heteroatoms. The van der Waals surface area contributed by atoms with Crippen molar-refractivity contribution < 1.29 is 0 Å². The van der Waals surface area contributed by atoms with Gasteiger partial charge >= 0.3 is 0 Å². The molecular weight excluding hydrogens is 1830 g/mol. The molecule has 0 atom stereocenters. The first-order chi connectivity index (χ1) is 73.1. The number of pyridine rings is 5. The molecule has 0 fully saturated rings. The van der Waals surface area contributed by atoms with Crippen molar-refractivity contribution >= 4 is 85.3 Å². The number of hydrogen-bond donors (Lipinski definition) is 0. The van der Waals surface area contributed by atoms with Crippen molar-refractivity contribution in [2.24, 2.45) is 0 Å². The molecule has 0 aliphatic carbocycles. The first-order valence-electron chi connectivity index (χ1n) is 50.3. The number of benzene rings is 15. The maximum absolute atomic E-state index is 9.66. The fourth-order valence-electron chi connectivity index (χ4n) is 22.4. The summed E-state index contributed by atoms with van der Waals surface area (Å²) in [5.41, 5.74) is 40.8. The summed E-state index contributed by atoms with van der Waals surface area (Å²) in [5, 5.41) is 47.1. The SMILES string of the molecule is CC1(C)c2ccccc2N(c2ccccc2-c2cc(C#N)ccn2)c2ccccc21.CC1(C)c2ccccc2N(c2ccccc2-c2ccc(C#N)cn2)c2ccccc21.CC1(C)c2ccccc2N(c2ccccc2-c2cccc(C#N)n2)c2ccccc21.CC1(C)c2ccccc2N(c2ccccc2-c2cccnc2C#N)c2ccccc21.CC1(C)c2ccccc2N(c2ccccc2-c2ncccc2C#N)c2ccccc21. The molecule has 0 saturated heterocycles. The molecule has 0 bridgehead atoms. The van der Waals surface area contributed by atoms with Gasteiger partial charge in [-0.05, 0) is 207 Å². The first kappa shape index (κ1) is 96.6. The quantitative estimate of drug-likeness (QED) is 0.125. The lowest BCUT2D eigenvalue weighted by molar-refractivity contribution is 0.632. The van der Waals surface area contributed by atoms with Crippen molar-refractivity contribution in [2.75, 3.05) is 24.5 Å². The average molecular weight is 1940 g/mol. The highest BCUT2D eigenvalue weighted by Crippen LogP contribution is 2.60. The van der Waals surface area contributed by atoms with E-state index in [-0.39, 0.29) is 27.1 Å². The fraction of sp³-hybridized carbons (Fsp3) is 0.111. The summed E-state index contributed by atoms with van der Waals surface area (Å²) in [4.78, 5) is 34.2. The molecule has 20 aromatic rings. The van der Waals surface area contributed by atoms with Crippen molar-refractivity contribution in [3.05, 3.63) is 539 Å². The number of anilines is 15. The van der Waals surface area contributed by atoms with Gasteiger partial charge < -0.3 is 24.5 Å². The van der Waals surface area contributed by atoms with Crippen LogP contribution in [0.3, 0.4) is 0 Å². The van der Waals surface area contributed by atoms with Gasteiger partial charge in [-0.2, -0.15) is 26.3 Å². The van der Waals surface area contributed by atoms with E-state index in [0.717, 1.165) is 102 Å². The molecule has 15 aromatic carbocycles. The van der Waals surface area contributed by atoms with E-state index in [9.17, 15) is 21.0 Å². The minimum Gasteiger partial charge on any atom is -0.309 e. The third kappa shape index (κ3) is 17.3. The van der Waals surface area contributed by atoms with Crippen molar-refractivity contribution in [3.8, 4) is 86.5 Å². The van der Waals surface area contributed by atoms with Crippen molar-refractivity contribution in [1.82, 2.24) is 24.9 Å². The molecule has 0 amide bonds. The van der Waals surface area contributed by atoms with Crippen LogP contribution in [0.25, 0.3) is 56.2 Å². The zero-order chi connectivity index (χ0) is 104. The van der Waals surface area contributed by atoms with Gasteiger partial charge in [-0.3, -0.25) is 15.0 Å². The summed E-state index contributed by atoms with van der Waals surface area (Å²) in [6.45, 7) is 22.8. The molecule has 5 aliphatic rings. The number of para-hydroxylation sites is 15. The molecule has 0 unspecified atom stereocenters. The van der Waals surface area contributed by atoms with E-state index in [1.165, 1.54) is 89.8 Å². The van der Waals surface area contributed by atoms with Gasteiger partial charge in [0.15, 0.2) is 0 Å². The maximum atomic E-state index is 9.66. The van der Waals surface area contributed by atoms with Gasteiger partial charge in [-0.15, -0.1) is 0 Å². The molecule has 10 heterocycles. The number of hydrogen-bond acceptors (Lipinski definition) is 15. The van der Waals surface area contributed by atoms with Crippen LogP contribution in [0.5, 0.6) is 0 Å². The van der Waals surface area contributed by atoms with Gasteiger partial charge in [0, 0.05) is 85.2 Å². The lowest BCUT2D eigenvalue weighted by Gasteiger charge is -2.42. The van der Waals surface area contributed by atoms with E-state index in [0.29, 0.717) is 33.8 Å². The second-order valence-electron chi connectivity index (χ2n) is 40.2. The number of aromatic nitrogens is 5. The second kappa shape index (κ2) is 40.2. The average Bonchev–Trinajstić information content (AvgIpc) is 0.738. The Balaban J connectivity index is 0.000000109. The summed E-state index contributed by atoms with van der Waals surface area (Å²) in [7, 11) is 0. The van der Waals surface area contributed by atoms with Crippen LogP contribution in [0.1, 0.15) is 153 Å². The Labute approximate surface area is 877 Å². The minimum absolute atomic E-state index is 0.0919. The Bertz CT molecular complexity index is 8180. The number of fused-ring (bicyclic) bond motifs is 10. The summed E-state index contributed by atoms with van der Waals surface area (Å²) in [5.74, 6) is 0. The monoisotopic (exact) mass is 1940 g/mol. The van der Waals surface area contributed by atoms with E-state index in [1.54, 1.807) is 43.0 Å². The number of nitrogens with zero attached hydrogens (tertiary/aromatic N) is 15. The lowest BCUT2D eigenvalue weighted by Crippen LogP contribution is -2.30. The van der Waals surface area contributed by atoms with E-state index < -0.39 is 0 Å². The fourth-order valence-corrected chi connectivity index (χ4v) is 22.4. The van der Waals surface area contributed by atoms with Crippen LogP contribution < -0.4 is 24.5 Å². The van der Waals surface area contributed by atoms with Crippen LogP contribution in [0.4, 0.5) is 85.3 Å². The largest absolute Gasteiger partial charge is 0.309 e. The summed E-state index contributed by atoms with van der Waals surface area (Å²) in [6.07, 6.45) is 6.74. The highest BCUT2D eigenvalue weighted by molar-refractivity contribution is 5.99. The van der Waals surface area contributed by atoms with E-state index in [1.807, 2.05) is 97.1 Å². The van der Waals surface area contributed by atoms with Gasteiger partial charge in [0.25, 0.3) is 0 Å². The summed E-state index contributed by atoms with van der Waals surface area (Å²) >= 11 is 0. The predicted octanol–water partition coefficient (Wildman–Crippen LogP) is 33.6. The van der Waals surface area contributed by atoms with E-state index in [4.69, 9.17) is 5.26 Å². The van der Waals surface area contributed by atoms with E-state index in [2.05, 4.69) is 464 Å². The molecule has 15 nitrogen and oxygen atoms in total. The molecular formula is C135H105N15. The zero-order valence-electron chi connectivity index (χ0n) is 85.0. The third-order valence-electron chi connectivity index (χ3n) is 29.8. The first-order valence-corrected chi connectivity index (χ1v) is 50.3. The molecule has 720 valence electrons. The minimum atomic E-state index is -0.110. The molecule has 0 spiro atoms. The Hall–Kier alpha value is -19.5. The Kier molecular flexibility index (Phi) is 25.9. The summed E-state index contributed by atoms with van der Waals surface area (Å²) < 4.78 is 0. The lowest BCUT2D eigenvalue weighted by atomic mass is 9.73. The Morgan fingerprint density at radius 3 is 0.807 bits per heavy atom. The van der Waals surface area contributed by atoms with Crippen molar-refractivity contribution in [1.29, 1.82) is 26.3 Å². The smallest absolute Gasteiger partial charge is 0.148 e. The van der Waals surface area contributed by atoms with Crippen molar-refractivity contribution in [3.63, 3.8) is 0 Å². The molecule has 0 saturated carbocycles. The van der Waals surface area contributed by atoms with Crippen LogP contribution in [0, 0.1) is 56.7 Å². The Morgan fingerprint density at radius 1 is 0.193 bits per heavy atom. The van der Waals surface area contributed by atoms with Gasteiger partial charge in [0.1, 0.15) is 35.7 Å². The summed E-state index contributed by atoms with van der Waals surface area (Å²) in [6, 6.07) is 159. The molecule has 0 radical (unpaired) electrons. The van der Waals surface area contributed by atoms with Gasteiger partial charge in [0.2, 0.25) is 0 Å². The van der Waals surface area contributed by atoms with Crippen LogP contribution in [0.15, 0.2) is 455 Å². The van der Waals surface area contributed by atoms with E-state index >= 15 is 0 Å². The molecule has 150 heavy (non-hydrogen) atoms. The van der Waals surface area contributed by atoms with Gasteiger partial charge in [0.05, 0.1) is 131 Å². The standard InChI is InChI=1S/5C27H21N3/c1-27(2)21-12-4-7-16-25(21)30(26-17-8-5-13-22(26)27)24-15-6-3-11-20(24)23-14-9-10-19(18-28)29-23;1-27(2)21-12-4-7-15-24(21)30(25-16-8-5-13-22(25)27)23-14-6-3-11-20(23)26-19(18-28)10-9-17-29-26;1-27(2)21-12-4-7-15-25(21)30(26-16-8-5-13-22(26)27)24-14-6-3-10-20(24)19-11-9-17-29-23(19)18-28;1-27(2)21-10-4-7-13-25(21)30(26-14-8-5-11-22(26)27)24-12-6-3-9-20(24)23-17-19(18-28)15-16-29-23;1-27(2)21-10-4-7-13-25(21)30(26-14-8-5-11-22(26)27)24-12-6-3-9-20(24)23-16-15-19(17-28)18-29-23/h4*3-17H,1-2H3;3-16,18H,1-2H3. The highest BCUT2D eigenvalue weighted by atomic mass is 15.2. The molecule has 5 aromatic heterocycles. The van der Waals surface area contributed by atoms with Crippen LogP contribution in [-0.4, -0.2) is 24.9 Å².